The molecule has 33 heavy (non-hydrogen) atoms. The van der Waals surface area contributed by atoms with Gasteiger partial charge in [-0.05, 0) is 55.7 Å². The second-order valence-electron chi connectivity index (χ2n) is 7.71. The summed E-state index contributed by atoms with van der Waals surface area (Å²) in [5, 5.41) is 4.95. The average molecular weight is 471 g/mol. The Labute approximate surface area is 198 Å². The van der Waals surface area contributed by atoms with E-state index in [1.54, 1.807) is 36.9 Å². The average Bonchev–Trinajstić information content (AvgIpc) is 3.24. The van der Waals surface area contributed by atoms with E-state index in [1.807, 2.05) is 30.3 Å². The zero-order chi connectivity index (χ0) is 23.2. The van der Waals surface area contributed by atoms with Crippen LogP contribution in [-0.2, 0) is 15.9 Å². The van der Waals surface area contributed by atoms with Crippen LogP contribution in [0.15, 0.2) is 48.5 Å². The lowest BCUT2D eigenvalue weighted by molar-refractivity contribution is -0.105. The van der Waals surface area contributed by atoms with Crippen LogP contribution in [0.1, 0.15) is 47.9 Å². The number of ether oxygens (including phenoxy) is 4. The van der Waals surface area contributed by atoms with Crippen molar-refractivity contribution >= 4 is 17.6 Å². The molecule has 0 bridgehead atoms. The molecule has 0 N–H and O–H groups in total. The van der Waals surface area contributed by atoms with Crippen molar-refractivity contribution in [3.63, 3.8) is 0 Å². The summed E-state index contributed by atoms with van der Waals surface area (Å²) in [6.45, 7) is 2.78. The summed E-state index contributed by atoms with van der Waals surface area (Å²) in [5.74, 6) is 0.934. The van der Waals surface area contributed by atoms with E-state index in [0.29, 0.717) is 22.9 Å². The standard InChI is InChI=1S/C25H27ClN2O5/c1-3-31-25(29)22-15-18(28(27-22)23-12-11-20(30-2)16-21(23)26)14-17-7-9-19(10-8-17)33-24-6-4-5-13-32-24/h7-12,15-16,24H,3-6,13-14H2,1-2H3. The van der Waals surface area contributed by atoms with Crippen LogP contribution in [0.3, 0.4) is 0 Å². The Morgan fingerprint density at radius 2 is 1.94 bits per heavy atom. The Hall–Kier alpha value is -3.03. The lowest BCUT2D eigenvalue weighted by atomic mass is 10.1. The van der Waals surface area contributed by atoms with Crippen molar-refractivity contribution < 1.29 is 23.7 Å². The molecule has 174 valence electrons. The van der Waals surface area contributed by atoms with Gasteiger partial charge >= 0.3 is 5.97 Å². The minimum atomic E-state index is -0.474. The molecule has 0 radical (unpaired) electrons. The fraction of sp³-hybridized carbons (Fsp3) is 0.360. The van der Waals surface area contributed by atoms with E-state index in [4.69, 9.17) is 30.5 Å². The van der Waals surface area contributed by atoms with Gasteiger partial charge < -0.3 is 18.9 Å². The van der Waals surface area contributed by atoms with Gasteiger partial charge in [-0.3, -0.25) is 0 Å². The number of esters is 1. The van der Waals surface area contributed by atoms with Gasteiger partial charge in [-0.1, -0.05) is 23.7 Å². The Balaban J connectivity index is 1.58. The van der Waals surface area contributed by atoms with E-state index in [9.17, 15) is 4.79 Å². The summed E-state index contributed by atoms with van der Waals surface area (Å²) in [7, 11) is 1.58. The first-order chi connectivity index (χ1) is 16.1. The summed E-state index contributed by atoms with van der Waals surface area (Å²) in [6.07, 6.45) is 3.45. The van der Waals surface area contributed by atoms with Gasteiger partial charge in [0.25, 0.3) is 0 Å². The van der Waals surface area contributed by atoms with Crippen LogP contribution in [-0.4, -0.2) is 42.4 Å². The molecule has 2 heterocycles. The number of carbonyl (C=O) groups excluding carboxylic acids is 1. The summed E-state index contributed by atoms with van der Waals surface area (Å²) in [5.41, 5.74) is 2.72. The zero-order valence-corrected chi connectivity index (χ0v) is 19.5. The second kappa shape index (κ2) is 10.7. The molecule has 1 aliphatic heterocycles. The van der Waals surface area contributed by atoms with Crippen molar-refractivity contribution in [2.45, 2.75) is 38.9 Å². The predicted molar refractivity (Wildman–Crippen MR) is 125 cm³/mol. The molecule has 0 saturated carbocycles. The lowest BCUT2D eigenvalue weighted by Gasteiger charge is -2.23. The number of rotatable bonds is 8. The Morgan fingerprint density at radius 1 is 1.15 bits per heavy atom. The van der Waals surface area contributed by atoms with Crippen molar-refractivity contribution in [1.82, 2.24) is 9.78 Å². The Bertz CT molecular complexity index is 1090. The van der Waals surface area contributed by atoms with Gasteiger partial charge in [0.1, 0.15) is 11.5 Å². The molecule has 1 atom stereocenters. The SMILES string of the molecule is CCOC(=O)c1cc(Cc2ccc(OC3CCCCO3)cc2)n(-c2ccc(OC)cc2Cl)n1. The van der Waals surface area contributed by atoms with Gasteiger partial charge in [-0.2, -0.15) is 5.10 Å². The number of hydrogen-bond donors (Lipinski definition) is 0. The molecule has 2 aromatic carbocycles. The first kappa shape index (κ1) is 23.1. The second-order valence-corrected chi connectivity index (χ2v) is 8.11. The molecule has 1 unspecified atom stereocenters. The van der Waals surface area contributed by atoms with Crippen molar-refractivity contribution in [2.75, 3.05) is 20.3 Å². The van der Waals surface area contributed by atoms with E-state index in [0.717, 1.165) is 42.9 Å². The highest BCUT2D eigenvalue weighted by Gasteiger charge is 2.19. The van der Waals surface area contributed by atoms with Crippen molar-refractivity contribution in [3.05, 3.63) is 70.5 Å². The number of hydrogen-bond acceptors (Lipinski definition) is 6. The van der Waals surface area contributed by atoms with Crippen LogP contribution in [0.4, 0.5) is 0 Å². The van der Waals surface area contributed by atoms with Gasteiger partial charge in [0.05, 0.1) is 31.0 Å². The van der Waals surface area contributed by atoms with Crippen LogP contribution < -0.4 is 9.47 Å². The maximum atomic E-state index is 12.3. The molecule has 8 heteroatoms. The largest absolute Gasteiger partial charge is 0.497 e. The normalized spacial score (nSPS) is 15.8. The molecule has 0 spiro atoms. The number of benzene rings is 2. The molecule has 4 rings (SSSR count). The molecule has 1 aliphatic rings. The quantitative estimate of drug-likeness (QED) is 0.421. The molecule has 1 fully saturated rings. The van der Waals surface area contributed by atoms with E-state index in [1.165, 1.54) is 0 Å². The third-order valence-electron chi connectivity index (χ3n) is 5.36. The molecule has 1 aromatic heterocycles. The van der Waals surface area contributed by atoms with E-state index in [-0.39, 0.29) is 18.6 Å². The van der Waals surface area contributed by atoms with Crippen molar-refractivity contribution in [3.8, 4) is 17.2 Å². The predicted octanol–water partition coefficient (Wildman–Crippen LogP) is 5.21. The Morgan fingerprint density at radius 3 is 2.61 bits per heavy atom. The summed E-state index contributed by atoms with van der Waals surface area (Å²) < 4.78 is 23.6. The van der Waals surface area contributed by atoms with Crippen molar-refractivity contribution in [1.29, 1.82) is 0 Å². The minimum absolute atomic E-state index is 0.185. The third kappa shape index (κ3) is 5.67. The van der Waals surface area contributed by atoms with Gasteiger partial charge in [0, 0.05) is 24.6 Å². The number of methoxy groups -OCH3 is 1. The zero-order valence-electron chi connectivity index (χ0n) is 18.8. The number of carbonyl (C=O) groups is 1. The van der Waals surface area contributed by atoms with Crippen LogP contribution in [0, 0.1) is 0 Å². The van der Waals surface area contributed by atoms with Crippen molar-refractivity contribution in [2.24, 2.45) is 0 Å². The summed E-state index contributed by atoms with van der Waals surface area (Å²) in [4.78, 5) is 12.3. The van der Waals surface area contributed by atoms with Gasteiger partial charge in [0.15, 0.2) is 12.0 Å². The molecular formula is C25H27ClN2O5. The first-order valence-electron chi connectivity index (χ1n) is 11.0. The first-order valence-corrected chi connectivity index (χ1v) is 11.4. The van der Waals surface area contributed by atoms with Gasteiger partial charge in [0.2, 0.25) is 0 Å². The summed E-state index contributed by atoms with van der Waals surface area (Å²) in [6, 6.07) is 14.9. The molecule has 0 aliphatic carbocycles. The number of halogens is 1. The highest BCUT2D eigenvalue weighted by Crippen LogP contribution is 2.28. The van der Waals surface area contributed by atoms with E-state index in [2.05, 4.69) is 5.10 Å². The maximum Gasteiger partial charge on any atom is 0.358 e. The lowest BCUT2D eigenvalue weighted by Crippen LogP contribution is -2.24. The minimum Gasteiger partial charge on any atom is -0.497 e. The number of nitrogens with zero attached hydrogens (tertiary/aromatic N) is 2. The van der Waals surface area contributed by atoms with Gasteiger partial charge in [-0.15, -0.1) is 0 Å². The van der Waals surface area contributed by atoms with Crippen LogP contribution in [0.2, 0.25) is 5.02 Å². The fourth-order valence-corrected chi connectivity index (χ4v) is 3.95. The molecule has 1 saturated heterocycles. The van der Waals surface area contributed by atoms with E-state index < -0.39 is 5.97 Å². The van der Waals surface area contributed by atoms with Crippen LogP contribution >= 0.6 is 11.6 Å². The molecular weight excluding hydrogens is 444 g/mol. The molecule has 0 amide bonds. The molecule has 7 nitrogen and oxygen atoms in total. The topological polar surface area (TPSA) is 71.8 Å². The Kier molecular flexibility index (Phi) is 7.52. The fourth-order valence-electron chi connectivity index (χ4n) is 3.70. The third-order valence-corrected chi connectivity index (χ3v) is 5.67. The molecule has 3 aromatic rings. The van der Waals surface area contributed by atoms with Crippen LogP contribution in [0.5, 0.6) is 11.5 Å². The monoisotopic (exact) mass is 470 g/mol. The van der Waals surface area contributed by atoms with E-state index >= 15 is 0 Å². The van der Waals surface area contributed by atoms with Gasteiger partial charge in [-0.25, -0.2) is 9.48 Å². The maximum absolute atomic E-state index is 12.3. The smallest absolute Gasteiger partial charge is 0.358 e. The number of aromatic nitrogens is 2. The van der Waals surface area contributed by atoms with Crippen LogP contribution in [0.25, 0.3) is 5.69 Å². The summed E-state index contributed by atoms with van der Waals surface area (Å²) >= 11 is 6.50. The highest BCUT2D eigenvalue weighted by molar-refractivity contribution is 6.32. The highest BCUT2D eigenvalue weighted by atomic mass is 35.5.